The van der Waals surface area contributed by atoms with Gasteiger partial charge >= 0.3 is 0 Å². The first-order valence-electron chi connectivity index (χ1n) is 13.9. The molecule has 3 aromatic rings. The third kappa shape index (κ3) is 6.71. The molecule has 220 valence electrons. The van der Waals surface area contributed by atoms with E-state index in [2.05, 4.69) is 9.71 Å². The summed E-state index contributed by atoms with van der Waals surface area (Å²) in [6, 6.07) is 19.4. The number of aliphatic hydroxyl groups excluding tert-OH is 1. The second-order valence-electron chi connectivity index (χ2n) is 10.6. The number of aliphatic hydroxyl groups is 1. The van der Waals surface area contributed by atoms with Crippen molar-refractivity contribution in [2.75, 3.05) is 18.9 Å². The maximum atomic E-state index is 13.4. The number of aliphatic imine (C=N–C) groups is 1. The van der Waals surface area contributed by atoms with E-state index in [1.165, 1.54) is 5.06 Å². The molecule has 0 saturated heterocycles. The van der Waals surface area contributed by atoms with Gasteiger partial charge in [-0.1, -0.05) is 36.4 Å². The Kier molecular flexibility index (Phi) is 8.74. The molecule has 0 spiro atoms. The molecule has 42 heavy (non-hydrogen) atoms. The van der Waals surface area contributed by atoms with Gasteiger partial charge in [0, 0.05) is 42.4 Å². The molecule has 0 unspecified atom stereocenters. The molecule has 10 nitrogen and oxygen atoms in total. The highest BCUT2D eigenvalue weighted by atomic mass is 32.2. The van der Waals surface area contributed by atoms with Crippen LogP contribution >= 0.6 is 0 Å². The summed E-state index contributed by atoms with van der Waals surface area (Å²) in [6.45, 7) is 2.48. The lowest BCUT2D eigenvalue weighted by molar-refractivity contribution is -0.185. The molecule has 1 saturated carbocycles. The van der Waals surface area contributed by atoms with Gasteiger partial charge in [0.1, 0.15) is 12.4 Å². The van der Waals surface area contributed by atoms with E-state index in [-0.39, 0.29) is 42.4 Å². The van der Waals surface area contributed by atoms with Crippen molar-refractivity contribution in [2.45, 2.75) is 43.7 Å². The highest BCUT2D eigenvalue weighted by molar-refractivity contribution is 7.89. The van der Waals surface area contributed by atoms with Crippen LogP contribution in [-0.4, -0.2) is 49.5 Å². The number of benzene rings is 3. The average molecular weight is 590 g/mol. The number of nitrogens with zero attached hydrogens (tertiary/aromatic N) is 2. The Balaban J connectivity index is 1.30. The van der Waals surface area contributed by atoms with Crippen LogP contribution in [0.5, 0.6) is 0 Å². The number of amidine groups is 1. The van der Waals surface area contributed by atoms with E-state index in [4.69, 9.17) is 16.3 Å². The van der Waals surface area contributed by atoms with Crippen LogP contribution in [0.4, 0.5) is 11.4 Å². The summed E-state index contributed by atoms with van der Waals surface area (Å²) in [5.41, 5.74) is 17.0. The topological polar surface area (TPSA) is 160 Å². The van der Waals surface area contributed by atoms with Gasteiger partial charge < -0.3 is 16.6 Å². The molecule has 5 rings (SSSR count). The fourth-order valence-electron chi connectivity index (χ4n) is 5.02. The minimum atomic E-state index is -3.65. The number of likely N-dealkylation sites (N-methyl/N-ethyl adjacent to an activating group) is 1. The number of hydrogen-bond donors (Lipinski definition) is 4. The van der Waals surface area contributed by atoms with E-state index in [9.17, 15) is 18.3 Å². The smallest absolute Gasteiger partial charge is 0.273 e. The van der Waals surface area contributed by atoms with Gasteiger partial charge in [-0.05, 0) is 78.8 Å². The zero-order chi connectivity index (χ0) is 29.9. The molecule has 11 heteroatoms. The molecule has 1 aliphatic heterocycles. The third-order valence-corrected chi connectivity index (χ3v) is 9.00. The fourth-order valence-corrected chi connectivity index (χ4v) is 6.28. The minimum Gasteiger partial charge on any atom is -0.399 e. The summed E-state index contributed by atoms with van der Waals surface area (Å²) in [5, 5.41) is 10.5. The first-order chi connectivity index (χ1) is 20.1. The summed E-state index contributed by atoms with van der Waals surface area (Å²) in [4.78, 5) is 23.9. The first-order valence-corrected chi connectivity index (χ1v) is 15.3. The van der Waals surface area contributed by atoms with E-state index < -0.39 is 10.0 Å². The number of hydroxylamine groups is 2. The number of fused-ring (bicyclic) bond motifs is 1. The zero-order valence-electron chi connectivity index (χ0n) is 23.4. The highest BCUT2D eigenvalue weighted by Gasteiger charge is 2.32. The van der Waals surface area contributed by atoms with Gasteiger partial charge in [0.25, 0.3) is 5.91 Å². The Morgan fingerprint density at radius 3 is 2.40 bits per heavy atom. The van der Waals surface area contributed by atoms with Crippen LogP contribution in [0, 0.1) is 5.92 Å². The number of nitrogens with one attached hydrogen (secondary N) is 1. The largest absolute Gasteiger partial charge is 0.399 e. The lowest BCUT2D eigenvalue weighted by Crippen LogP contribution is -2.45. The molecule has 3 aromatic carbocycles. The second-order valence-corrected chi connectivity index (χ2v) is 12.3. The molecular formula is C31H35N5O5S. The van der Waals surface area contributed by atoms with Crippen molar-refractivity contribution >= 4 is 39.2 Å². The molecule has 6 N–H and O–H groups in total. The van der Waals surface area contributed by atoms with E-state index >= 15 is 0 Å². The fraction of sp³-hybridized carbons (Fsp3) is 0.290. The van der Waals surface area contributed by atoms with Crippen molar-refractivity contribution in [3.8, 4) is 11.1 Å². The SMILES string of the molecule is CCN(OCc1ccc(N)cc1)C(=O)C1=Cc2ccc(-c3ccc(S(=O)(=O)NC4CC(CO)C4)cc3)cc2N=C(N)C1. The third-order valence-electron chi connectivity index (χ3n) is 7.46. The number of hydrogen-bond acceptors (Lipinski definition) is 8. The normalized spacial score (nSPS) is 18.2. The molecule has 1 fully saturated rings. The predicted molar refractivity (Wildman–Crippen MR) is 163 cm³/mol. The van der Waals surface area contributed by atoms with Crippen LogP contribution < -0.4 is 16.2 Å². The Bertz CT molecular complexity index is 1610. The summed E-state index contributed by atoms with van der Waals surface area (Å²) < 4.78 is 28.2. The maximum Gasteiger partial charge on any atom is 0.273 e. The lowest BCUT2D eigenvalue weighted by Gasteiger charge is -2.34. The quantitative estimate of drug-likeness (QED) is 0.207. The van der Waals surface area contributed by atoms with Crippen molar-refractivity contribution in [2.24, 2.45) is 16.6 Å². The lowest BCUT2D eigenvalue weighted by atomic mass is 9.82. The van der Waals surface area contributed by atoms with Crippen LogP contribution in [-0.2, 0) is 26.3 Å². The Labute approximate surface area is 245 Å². The van der Waals surface area contributed by atoms with Crippen LogP contribution in [0.1, 0.15) is 37.3 Å². The molecule has 2 aliphatic rings. The number of rotatable bonds is 10. The Morgan fingerprint density at radius 1 is 1.05 bits per heavy atom. The van der Waals surface area contributed by atoms with Gasteiger partial charge in [-0.3, -0.25) is 9.63 Å². The molecule has 0 aromatic heterocycles. The summed E-state index contributed by atoms with van der Waals surface area (Å²) in [5.74, 6) is 0.169. The zero-order valence-corrected chi connectivity index (χ0v) is 24.2. The van der Waals surface area contributed by atoms with Crippen LogP contribution in [0.2, 0.25) is 0 Å². The molecule has 0 radical (unpaired) electrons. The van der Waals surface area contributed by atoms with Gasteiger partial charge in [0.2, 0.25) is 10.0 Å². The number of anilines is 1. The van der Waals surface area contributed by atoms with Crippen LogP contribution in [0.3, 0.4) is 0 Å². The van der Waals surface area contributed by atoms with Gasteiger partial charge in [0.05, 0.1) is 10.6 Å². The number of nitrogens with two attached hydrogens (primary N) is 2. The molecule has 1 heterocycles. The summed E-state index contributed by atoms with van der Waals surface area (Å²) >= 11 is 0. The van der Waals surface area contributed by atoms with Gasteiger partial charge in [-0.2, -0.15) is 0 Å². The minimum absolute atomic E-state index is 0.0771. The molecule has 0 atom stereocenters. The number of carbonyl (C=O) groups excluding carboxylic acids is 1. The van der Waals surface area contributed by atoms with E-state index in [0.29, 0.717) is 42.2 Å². The van der Waals surface area contributed by atoms with E-state index in [0.717, 1.165) is 22.3 Å². The summed E-state index contributed by atoms with van der Waals surface area (Å²) in [6.07, 6.45) is 3.23. The van der Waals surface area contributed by atoms with Crippen molar-refractivity contribution in [3.63, 3.8) is 0 Å². The van der Waals surface area contributed by atoms with Gasteiger partial charge in [-0.25, -0.2) is 23.2 Å². The van der Waals surface area contributed by atoms with Gasteiger partial charge in [0.15, 0.2) is 0 Å². The Morgan fingerprint density at radius 2 is 1.74 bits per heavy atom. The molecule has 1 aliphatic carbocycles. The second kappa shape index (κ2) is 12.5. The summed E-state index contributed by atoms with van der Waals surface area (Å²) in [7, 11) is -3.65. The number of nitrogen functional groups attached to an aromatic ring is 1. The maximum absolute atomic E-state index is 13.4. The monoisotopic (exact) mass is 589 g/mol. The number of carbonyl (C=O) groups is 1. The highest BCUT2D eigenvalue weighted by Crippen LogP contribution is 2.33. The van der Waals surface area contributed by atoms with Crippen LogP contribution in [0.25, 0.3) is 17.2 Å². The van der Waals surface area contributed by atoms with Crippen molar-refractivity contribution in [1.29, 1.82) is 0 Å². The molecule has 0 bridgehead atoms. The van der Waals surface area contributed by atoms with E-state index in [1.807, 2.05) is 37.3 Å². The molecular weight excluding hydrogens is 554 g/mol. The van der Waals surface area contributed by atoms with Crippen molar-refractivity contribution in [3.05, 3.63) is 83.4 Å². The van der Waals surface area contributed by atoms with Crippen LogP contribution in [0.15, 0.2) is 82.2 Å². The predicted octanol–water partition coefficient (Wildman–Crippen LogP) is 3.74. The average Bonchev–Trinajstić information content (AvgIpc) is 3.13. The number of amides is 1. The van der Waals surface area contributed by atoms with Crippen molar-refractivity contribution < 1.29 is 23.2 Å². The van der Waals surface area contributed by atoms with Gasteiger partial charge in [-0.15, -0.1) is 0 Å². The van der Waals surface area contributed by atoms with Crippen molar-refractivity contribution in [1.82, 2.24) is 9.79 Å². The molecule has 1 amide bonds. The first kappa shape index (κ1) is 29.5. The van der Waals surface area contributed by atoms with E-state index in [1.54, 1.807) is 42.5 Å². The number of sulfonamides is 1. The standard InChI is InChI=1S/C31H35N5O5S/c1-2-36(41-19-20-3-9-26(32)10-4-20)31(38)25-15-24-6-5-23(16-29(24)34-30(33)17-25)22-7-11-28(12-8-22)42(39,40)35-27-13-21(14-27)18-37/h3-12,15-16,21,27,35,37H,2,13-14,17-19,32H2,1H3,(H2,33,34). The Hall–Kier alpha value is -4.03.